The number of nitrogens with one attached hydrogen (secondary N) is 2. The fraction of sp³-hybridized carbons (Fsp3) is 0.433. The third-order valence-corrected chi connectivity index (χ3v) is 9.81. The van der Waals surface area contributed by atoms with Crippen LogP contribution < -0.4 is 10.0 Å². The number of hydrogen-bond donors (Lipinski definition) is 2. The van der Waals surface area contributed by atoms with Crippen LogP contribution in [0.3, 0.4) is 0 Å². The Labute approximate surface area is 232 Å². The van der Waals surface area contributed by atoms with Crippen LogP contribution >= 0.6 is 0 Å². The number of halogens is 4. The Balaban J connectivity index is 1.16. The number of nitrogens with zero attached hydrogens (tertiary/aromatic N) is 1. The molecule has 1 saturated carbocycles. The molecule has 5 nitrogen and oxygen atoms in total. The summed E-state index contributed by atoms with van der Waals surface area (Å²) in [5, 5.41) is 3.72. The maximum Gasteiger partial charge on any atom is 0.243 e. The van der Waals surface area contributed by atoms with E-state index in [4.69, 9.17) is 0 Å². The normalized spacial score (nSPS) is 23.1. The molecule has 1 aromatic heterocycles. The molecule has 0 radical (unpaired) electrons. The van der Waals surface area contributed by atoms with Gasteiger partial charge in [-0.1, -0.05) is 6.07 Å². The summed E-state index contributed by atoms with van der Waals surface area (Å²) in [5.74, 6) is -3.05. The van der Waals surface area contributed by atoms with Gasteiger partial charge in [-0.15, -0.1) is 0 Å². The number of sulfonamides is 1. The average Bonchev–Trinajstić information content (AvgIpc) is 2.93. The number of benzene rings is 2. The van der Waals surface area contributed by atoms with Gasteiger partial charge in [-0.2, -0.15) is 0 Å². The summed E-state index contributed by atoms with van der Waals surface area (Å²) >= 11 is 0. The van der Waals surface area contributed by atoms with Crippen molar-refractivity contribution in [3.05, 3.63) is 94.8 Å². The van der Waals surface area contributed by atoms with Crippen molar-refractivity contribution >= 4 is 10.0 Å². The minimum atomic E-state index is -4.07. The van der Waals surface area contributed by atoms with Crippen molar-refractivity contribution in [3.63, 3.8) is 0 Å². The molecule has 5 rings (SSSR count). The van der Waals surface area contributed by atoms with Crippen LogP contribution in [0.1, 0.15) is 54.7 Å². The SMILES string of the molecule is O=S(=O)(NCC1CCC(CNC2CCc3cc(F)c(F)cc3C2Cc2cccnc2)CC1)c1ccc(F)cc1F. The highest BCUT2D eigenvalue weighted by Crippen LogP contribution is 2.36. The molecule has 2 unspecified atom stereocenters. The molecule has 214 valence electrons. The highest BCUT2D eigenvalue weighted by atomic mass is 32.2. The van der Waals surface area contributed by atoms with Crippen LogP contribution in [0, 0.1) is 35.1 Å². The van der Waals surface area contributed by atoms with Crippen LogP contribution in [-0.4, -0.2) is 32.5 Å². The van der Waals surface area contributed by atoms with Gasteiger partial charge in [-0.3, -0.25) is 4.98 Å². The maximum absolute atomic E-state index is 14.2. The lowest BCUT2D eigenvalue weighted by molar-refractivity contribution is 0.252. The van der Waals surface area contributed by atoms with E-state index in [9.17, 15) is 26.0 Å². The molecule has 2 aliphatic carbocycles. The summed E-state index contributed by atoms with van der Waals surface area (Å²) in [5.41, 5.74) is 2.75. The molecule has 0 aliphatic heterocycles. The van der Waals surface area contributed by atoms with Crippen molar-refractivity contribution in [2.75, 3.05) is 13.1 Å². The third-order valence-electron chi connectivity index (χ3n) is 8.35. The number of aromatic nitrogens is 1. The van der Waals surface area contributed by atoms with E-state index in [0.29, 0.717) is 24.8 Å². The van der Waals surface area contributed by atoms with Crippen molar-refractivity contribution in [1.82, 2.24) is 15.0 Å². The Bertz CT molecular complexity index is 1430. The molecule has 2 atom stereocenters. The second kappa shape index (κ2) is 12.4. The van der Waals surface area contributed by atoms with Crippen molar-refractivity contribution in [2.45, 2.75) is 61.8 Å². The first-order chi connectivity index (χ1) is 19.2. The molecule has 3 aromatic rings. The standard InChI is InChI=1S/C30H33F4N3O2S/c31-23-8-10-30(28(34)14-23)40(38,39)37-18-20-5-3-19(4-6-20)17-36-29-9-7-22-13-26(32)27(33)15-24(22)25(29)12-21-2-1-11-35-16-21/h1-2,8,10-11,13-16,19-20,25,29,36-37H,3-7,9,12,17-18H2. The fourth-order valence-electron chi connectivity index (χ4n) is 6.12. The Morgan fingerprint density at radius 1 is 0.850 bits per heavy atom. The Morgan fingerprint density at radius 2 is 1.57 bits per heavy atom. The van der Waals surface area contributed by atoms with Crippen molar-refractivity contribution in [1.29, 1.82) is 0 Å². The molecule has 2 aromatic carbocycles. The second-order valence-corrected chi connectivity index (χ2v) is 12.7. The molecule has 0 saturated heterocycles. The van der Waals surface area contributed by atoms with Crippen LogP contribution in [-0.2, 0) is 22.9 Å². The largest absolute Gasteiger partial charge is 0.313 e. The predicted octanol–water partition coefficient (Wildman–Crippen LogP) is 5.65. The number of aryl methyl sites for hydroxylation is 1. The molecular weight excluding hydrogens is 542 g/mol. The summed E-state index contributed by atoms with van der Waals surface area (Å²) in [6.07, 6.45) is 9.19. The highest BCUT2D eigenvalue weighted by Gasteiger charge is 2.32. The number of rotatable bonds is 9. The minimum Gasteiger partial charge on any atom is -0.313 e. The number of hydrogen-bond acceptors (Lipinski definition) is 4. The zero-order valence-corrected chi connectivity index (χ0v) is 22.9. The quantitative estimate of drug-likeness (QED) is 0.324. The van der Waals surface area contributed by atoms with Gasteiger partial charge >= 0.3 is 0 Å². The summed E-state index contributed by atoms with van der Waals surface area (Å²) < 4.78 is 82.8. The van der Waals surface area contributed by atoms with Crippen molar-refractivity contribution in [3.8, 4) is 0 Å². The zero-order chi connectivity index (χ0) is 28.3. The monoisotopic (exact) mass is 575 g/mol. The van der Waals surface area contributed by atoms with Gasteiger partial charge in [-0.25, -0.2) is 30.7 Å². The second-order valence-electron chi connectivity index (χ2n) is 11.0. The lowest BCUT2D eigenvalue weighted by Gasteiger charge is -2.36. The van der Waals surface area contributed by atoms with Crippen LogP contribution in [0.25, 0.3) is 0 Å². The highest BCUT2D eigenvalue weighted by molar-refractivity contribution is 7.89. The molecule has 0 spiro atoms. The molecule has 1 heterocycles. The van der Waals surface area contributed by atoms with Crippen LogP contribution in [0.5, 0.6) is 0 Å². The molecule has 0 amide bonds. The topological polar surface area (TPSA) is 71.1 Å². The van der Waals surface area contributed by atoms with E-state index in [1.165, 1.54) is 12.1 Å². The van der Waals surface area contributed by atoms with Gasteiger partial charge in [0.1, 0.15) is 16.5 Å². The number of pyridine rings is 1. The van der Waals surface area contributed by atoms with Gasteiger partial charge in [0.25, 0.3) is 0 Å². The van der Waals surface area contributed by atoms with Gasteiger partial charge < -0.3 is 5.32 Å². The van der Waals surface area contributed by atoms with Gasteiger partial charge in [0.2, 0.25) is 10.0 Å². The van der Waals surface area contributed by atoms with Crippen LogP contribution in [0.2, 0.25) is 0 Å². The summed E-state index contributed by atoms with van der Waals surface area (Å²) in [7, 11) is -4.07. The van der Waals surface area contributed by atoms with E-state index in [1.807, 2.05) is 18.3 Å². The summed E-state index contributed by atoms with van der Waals surface area (Å²) in [4.78, 5) is 3.66. The zero-order valence-electron chi connectivity index (χ0n) is 22.1. The molecule has 2 aliphatic rings. The predicted molar refractivity (Wildman–Crippen MR) is 144 cm³/mol. The lowest BCUT2D eigenvalue weighted by atomic mass is 9.75. The first-order valence-corrected chi connectivity index (χ1v) is 15.2. The maximum atomic E-state index is 14.2. The molecule has 10 heteroatoms. The van der Waals surface area contributed by atoms with Gasteiger partial charge in [0, 0.05) is 37.0 Å². The van der Waals surface area contributed by atoms with Crippen LogP contribution in [0.4, 0.5) is 17.6 Å². The minimum absolute atomic E-state index is 0.0133. The molecular formula is C30H33F4N3O2S. The third kappa shape index (κ3) is 6.72. The number of fused-ring (bicyclic) bond motifs is 1. The van der Waals surface area contributed by atoms with E-state index in [0.717, 1.165) is 67.5 Å². The first kappa shape index (κ1) is 28.7. The van der Waals surface area contributed by atoms with E-state index in [1.54, 1.807) is 6.20 Å². The summed E-state index contributed by atoms with van der Waals surface area (Å²) in [6, 6.07) is 9.09. The van der Waals surface area contributed by atoms with Crippen LogP contribution in [0.15, 0.2) is 59.8 Å². The average molecular weight is 576 g/mol. The Kier molecular flexibility index (Phi) is 8.87. The first-order valence-electron chi connectivity index (χ1n) is 13.7. The van der Waals surface area contributed by atoms with E-state index in [2.05, 4.69) is 15.0 Å². The fourth-order valence-corrected chi connectivity index (χ4v) is 7.29. The van der Waals surface area contributed by atoms with Gasteiger partial charge in [0.05, 0.1) is 0 Å². The Hall–Kier alpha value is -2.82. The molecule has 1 fully saturated rings. The molecule has 0 bridgehead atoms. The smallest absolute Gasteiger partial charge is 0.243 e. The van der Waals surface area contributed by atoms with Crippen molar-refractivity contribution < 1.29 is 26.0 Å². The summed E-state index contributed by atoms with van der Waals surface area (Å²) in [6.45, 7) is 0.987. The lowest BCUT2D eigenvalue weighted by Crippen LogP contribution is -2.42. The Morgan fingerprint density at radius 3 is 2.27 bits per heavy atom. The molecule has 40 heavy (non-hydrogen) atoms. The van der Waals surface area contributed by atoms with E-state index >= 15 is 0 Å². The van der Waals surface area contributed by atoms with Gasteiger partial charge in [-0.05, 0) is 110 Å². The van der Waals surface area contributed by atoms with E-state index < -0.39 is 38.2 Å². The molecule has 2 N–H and O–H groups in total. The van der Waals surface area contributed by atoms with E-state index in [-0.39, 0.29) is 24.4 Å². The van der Waals surface area contributed by atoms with Gasteiger partial charge in [0.15, 0.2) is 11.6 Å². The van der Waals surface area contributed by atoms with Crippen molar-refractivity contribution in [2.24, 2.45) is 11.8 Å².